The Balaban J connectivity index is 1.95. The van der Waals surface area contributed by atoms with Crippen molar-refractivity contribution >= 4 is 34.1 Å². The number of para-hydroxylation sites is 1. The lowest BCUT2D eigenvalue weighted by atomic mass is 10.1. The monoisotopic (exact) mass is 332 g/mol. The van der Waals surface area contributed by atoms with Crippen molar-refractivity contribution in [3.8, 4) is 0 Å². The normalized spacial score (nSPS) is 11.1. The molecule has 0 aliphatic rings. The molecule has 0 spiro atoms. The van der Waals surface area contributed by atoms with Crippen LogP contribution in [0.2, 0.25) is 0 Å². The third-order valence-corrected chi connectivity index (χ3v) is 4.14. The summed E-state index contributed by atoms with van der Waals surface area (Å²) in [5.41, 5.74) is 8.06. The lowest BCUT2D eigenvalue weighted by Gasteiger charge is -2.20. The number of hydrogen-bond acceptors (Lipinski definition) is 5. The third-order valence-electron chi connectivity index (χ3n) is 4.14. The Kier molecular flexibility index (Phi) is 3.53. The Morgan fingerprint density at radius 1 is 1.20 bits per heavy atom. The van der Waals surface area contributed by atoms with Gasteiger partial charge in [-0.2, -0.15) is 4.98 Å². The molecule has 25 heavy (non-hydrogen) atoms. The molecule has 2 aromatic carbocycles. The van der Waals surface area contributed by atoms with Crippen LogP contribution in [0.3, 0.4) is 0 Å². The van der Waals surface area contributed by atoms with Crippen LogP contribution in [0.15, 0.2) is 54.9 Å². The molecule has 0 saturated heterocycles. The van der Waals surface area contributed by atoms with Crippen LogP contribution in [0.1, 0.15) is 5.56 Å². The molecule has 0 aliphatic heterocycles. The number of nitrogens with two attached hydrogens (primary N) is 1. The number of anilines is 2. The number of carbonyl (C=O) groups excluding carboxylic acids is 1. The number of amides is 1. The lowest BCUT2D eigenvalue weighted by Crippen LogP contribution is -2.14. The summed E-state index contributed by atoms with van der Waals surface area (Å²) >= 11 is 0. The van der Waals surface area contributed by atoms with E-state index in [1.54, 1.807) is 6.33 Å². The Bertz CT molecular complexity index is 1070. The highest BCUT2D eigenvalue weighted by Gasteiger charge is 2.15. The number of primary amides is 1. The molecule has 2 heterocycles. The van der Waals surface area contributed by atoms with Gasteiger partial charge in [-0.3, -0.25) is 9.20 Å². The Hall–Kier alpha value is -3.48. The summed E-state index contributed by atoms with van der Waals surface area (Å²) in [5.74, 6) is 0.906. The molecular formula is C18H16N6O. The van der Waals surface area contributed by atoms with Crippen LogP contribution in [0.4, 0.5) is 11.5 Å². The highest BCUT2D eigenvalue weighted by atomic mass is 16.1. The summed E-state index contributed by atoms with van der Waals surface area (Å²) in [6.07, 6.45) is 1.80. The number of rotatable bonds is 4. The Morgan fingerprint density at radius 3 is 2.76 bits per heavy atom. The minimum atomic E-state index is -0.366. The smallest absolute Gasteiger partial charge is 0.257 e. The average Bonchev–Trinajstić information content (AvgIpc) is 3.09. The van der Waals surface area contributed by atoms with Gasteiger partial charge in [0.25, 0.3) is 5.78 Å². The van der Waals surface area contributed by atoms with E-state index in [0.717, 1.165) is 28.0 Å². The molecule has 2 aromatic heterocycles. The fourth-order valence-corrected chi connectivity index (χ4v) is 2.94. The highest BCUT2D eigenvalue weighted by molar-refractivity contribution is 5.94. The van der Waals surface area contributed by atoms with Gasteiger partial charge in [0, 0.05) is 18.1 Å². The standard InChI is InChI=1S/C18H16N6O/c1-23(13-5-3-2-4-6-13)17-14-8-7-12(10-16(19)25)9-15(14)24-11-20-22-18(24)21-17/h2-9,11H,10H2,1H3,(H2,19,25). The minimum absolute atomic E-state index is 0.186. The molecule has 0 radical (unpaired) electrons. The van der Waals surface area contributed by atoms with Gasteiger partial charge in [-0.15, -0.1) is 10.2 Å². The molecule has 0 saturated carbocycles. The van der Waals surface area contributed by atoms with Crippen LogP contribution in [0.25, 0.3) is 16.7 Å². The number of fused-ring (bicyclic) bond motifs is 3. The SMILES string of the molecule is CN(c1ccccc1)c1nc2nncn2c2cc(CC(N)=O)ccc12. The Morgan fingerprint density at radius 2 is 2.00 bits per heavy atom. The molecule has 0 unspecified atom stereocenters. The Labute approximate surface area is 143 Å². The maximum absolute atomic E-state index is 11.2. The second kappa shape index (κ2) is 5.86. The van der Waals surface area contributed by atoms with E-state index in [1.807, 2.05) is 64.9 Å². The zero-order chi connectivity index (χ0) is 17.4. The number of benzene rings is 2. The maximum Gasteiger partial charge on any atom is 0.257 e. The maximum atomic E-state index is 11.2. The second-order valence-corrected chi connectivity index (χ2v) is 5.83. The van der Waals surface area contributed by atoms with Gasteiger partial charge < -0.3 is 10.6 Å². The molecule has 7 nitrogen and oxygen atoms in total. The third kappa shape index (κ3) is 2.65. The molecule has 0 atom stereocenters. The molecule has 0 fully saturated rings. The van der Waals surface area contributed by atoms with Crippen LogP contribution in [0.5, 0.6) is 0 Å². The topological polar surface area (TPSA) is 89.4 Å². The van der Waals surface area contributed by atoms with E-state index < -0.39 is 0 Å². The van der Waals surface area contributed by atoms with Crippen molar-refractivity contribution in [3.63, 3.8) is 0 Å². The van der Waals surface area contributed by atoms with Gasteiger partial charge >= 0.3 is 0 Å². The average molecular weight is 332 g/mol. The fraction of sp³-hybridized carbons (Fsp3) is 0.111. The van der Waals surface area contributed by atoms with Gasteiger partial charge in [-0.1, -0.05) is 24.3 Å². The molecule has 0 bridgehead atoms. The molecular weight excluding hydrogens is 316 g/mol. The summed E-state index contributed by atoms with van der Waals surface area (Å²) in [7, 11) is 1.96. The van der Waals surface area contributed by atoms with Crippen LogP contribution >= 0.6 is 0 Å². The van der Waals surface area contributed by atoms with E-state index in [4.69, 9.17) is 5.73 Å². The number of aromatic nitrogens is 4. The molecule has 1 amide bonds. The van der Waals surface area contributed by atoms with Crippen molar-refractivity contribution in [3.05, 3.63) is 60.4 Å². The number of hydrogen-bond donors (Lipinski definition) is 1. The number of nitrogens with zero attached hydrogens (tertiary/aromatic N) is 5. The van der Waals surface area contributed by atoms with Crippen LogP contribution in [-0.4, -0.2) is 32.5 Å². The first kappa shape index (κ1) is 15.1. The largest absolute Gasteiger partial charge is 0.369 e. The van der Waals surface area contributed by atoms with Gasteiger partial charge in [0.2, 0.25) is 5.91 Å². The molecule has 7 heteroatoms. The van der Waals surface area contributed by atoms with Crippen molar-refractivity contribution in [2.45, 2.75) is 6.42 Å². The zero-order valence-corrected chi connectivity index (χ0v) is 13.6. The van der Waals surface area contributed by atoms with Gasteiger partial charge in [0.05, 0.1) is 11.9 Å². The summed E-state index contributed by atoms with van der Waals surface area (Å²) in [6.45, 7) is 0. The molecule has 4 aromatic rings. The van der Waals surface area contributed by atoms with Crippen molar-refractivity contribution in [2.24, 2.45) is 5.73 Å². The van der Waals surface area contributed by atoms with E-state index in [1.165, 1.54) is 0 Å². The van der Waals surface area contributed by atoms with E-state index in [-0.39, 0.29) is 12.3 Å². The van der Waals surface area contributed by atoms with Crippen LogP contribution in [-0.2, 0) is 11.2 Å². The molecule has 0 aliphatic carbocycles. The summed E-state index contributed by atoms with van der Waals surface area (Å²) in [6, 6.07) is 15.7. The van der Waals surface area contributed by atoms with E-state index in [0.29, 0.717) is 5.78 Å². The first-order valence-corrected chi connectivity index (χ1v) is 7.83. The van der Waals surface area contributed by atoms with Crippen molar-refractivity contribution in [2.75, 3.05) is 11.9 Å². The molecule has 4 rings (SSSR count). The first-order valence-electron chi connectivity index (χ1n) is 7.83. The molecule has 2 N–H and O–H groups in total. The number of carbonyl (C=O) groups is 1. The van der Waals surface area contributed by atoms with Gasteiger partial charge in [-0.05, 0) is 29.8 Å². The van der Waals surface area contributed by atoms with Gasteiger partial charge in [-0.25, -0.2) is 0 Å². The summed E-state index contributed by atoms with van der Waals surface area (Å²) < 4.78 is 1.81. The predicted octanol–water partition coefficient (Wildman–Crippen LogP) is 2.07. The van der Waals surface area contributed by atoms with E-state index >= 15 is 0 Å². The summed E-state index contributed by atoms with van der Waals surface area (Å²) in [4.78, 5) is 17.9. The molecule has 124 valence electrons. The van der Waals surface area contributed by atoms with Crippen LogP contribution in [0, 0.1) is 0 Å². The zero-order valence-electron chi connectivity index (χ0n) is 13.6. The predicted molar refractivity (Wildman–Crippen MR) is 95.7 cm³/mol. The van der Waals surface area contributed by atoms with Gasteiger partial charge in [0.15, 0.2) is 0 Å². The van der Waals surface area contributed by atoms with Crippen LogP contribution < -0.4 is 10.6 Å². The van der Waals surface area contributed by atoms with E-state index in [9.17, 15) is 4.79 Å². The van der Waals surface area contributed by atoms with E-state index in [2.05, 4.69) is 15.2 Å². The van der Waals surface area contributed by atoms with Gasteiger partial charge in [0.1, 0.15) is 12.1 Å². The second-order valence-electron chi connectivity index (χ2n) is 5.83. The highest BCUT2D eigenvalue weighted by Crippen LogP contribution is 2.30. The first-order chi connectivity index (χ1) is 12.1. The van der Waals surface area contributed by atoms with Crippen molar-refractivity contribution in [1.82, 2.24) is 19.6 Å². The summed E-state index contributed by atoms with van der Waals surface area (Å²) in [5, 5.41) is 8.97. The lowest BCUT2D eigenvalue weighted by molar-refractivity contribution is -0.117. The fourth-order valence-electron chi connectivity index (χ4n) is 2.94. The van der Waals surface area contributed by atoms with Crippen molar-refractivity contribution < 1.29 is 4.79 Å². The quantitative estimate of drug-likeness (QED) is 0.618. The minimum Gasteiger partial charge on any atom is -0.369 e. The van der Waals surface area contributed by atoms with Crippen molar-refractivity contribution in [1.29, 1.82) is 0 Å².